The Bertz CT molecular complexity index is 545. The van der Waals surface area contributed by atoms with Crippen molar-refractivity contribution in [3.8, 4) is 5.75 Å². The number of nitrogens with zero attached hydrogens (tertiary/aromatic N) is 3. The molecule has 1 fully saturated rings. The highest BCUT2D eigenvalue weighted by atomic mass is 16.5. The van der Waals surface area contributed by atoms with Gasteiger partial charge in [-0.15, -0.1) is 0 Å². The third-order valence-electron chi connectivity index (χ3n) is 4.26. The molecule has 1 aromatic rings. The average molecular weight is 364 g/mol. The van der Waals surface area contributed by atoms with Gasteiger partial charge >= 0.3 is 0 Å². The molecule has 0 unspecified atom stereocenters. The number of methoxy groups -OCH3 is 2. The van der Waals surface area contributed by atoms with Crippen LogP contribution in [-0.4, -0.2) is 84.2 Å². The second-order valence-corrected chi connectivity index (χ2v) is 6.02. The maximum atomic E-state index is 5.49. The van der Waals surface area contributed by atoms with Crippen LogP contribution in [0.15, 0.2) is 29.3 Å². The molecule has 0 saturated carbocycles. The molecule has 1 N–H and O–H groups in total. The maximum Gasteiger partial charge on any atom is 0.194 e. The summed E-state index contributed by atoms with van der Waals surface area (Å²) >= 11 is 0. The van der Waals surface area contributed by atoms with E-state index in [1.807, 2.05) is 12.1 Å². The predicted molar refractivity (Wildman–Crippen MR) is 105 cm³/mol. The van der Waals surface area contributed by atoms with E-state index < -0.39 is 0 Å². The van der Waals surface area contributed by atoms with Gasteiger partial charge in [0, 0.05) is 51.6 Å². The number of guanidine groups is 1. The lowest BCUT2D eigenvalue weighted by Crippen LogP contribution is -2.52. The van der Waals surface area contributed by atoms with E-state index in [9.17, 15) is 0 Å². The summed E-state index contributed by atoms with van der Waals surface area (Å²) in [5.74, 6) is 1.86. The van der Waals surface area contributed by atoms with Crippen molar-refractivity contribution in [2.45, 2.75) is 6.92 Å². The standard InChI is InChI=1S/C19H32N4O3/c1-4-20-19(21-8-13-26-15-14-24-2)23-11-9-22(10-12-23)17-6-5-7-18(16-17)25-3/h5-7,16H,4,8-15H2,1-3H3,(H,20,21). The molecule has 0 bridgehead atoms. The predicted octanol–water partition coefficient (Wildman–Crippen LogP) is 1.45. The molecule has 0 aliphatic carbocycles. The van der Waals surface area contributed by atoms with E-state index in [2.05, 4.69) is 39.2 Å². The van der Waals surface area contributed by atoms with Crippen molar-refractivity contribution < 1.29 is 14.2 Å². The van der Waals surface area contributed by atoms with E-state index in [0.717, 1.165) is 44.4 Å². The minimum Gasteiger partial charge on any atom is -0.497 e. The molecule has 7 heteroatoms. The molecule has 146 valence electrons. The minimum atomic E-state index is 0.613. The summed E-state index contributed by atoms with van der Waals surface area (Å²) in [4.78, 5) is 9.39. The molecular formula is C19H32N4O3. The van der Waals surface area contributed by atoms with Crippen LogP contribution in [0.25, 0.3) is 0 Å². The van der Waals surface area contributed by atoms with Crippen LogP contribution in [0.4, 0.5) is 5.69 Å². The van der Waals surface area contributed by atoms with Gasteiger partial charge in [-0.2, -0.15) is 0 Å². The fourth-order valence-corrected chi connectivity index (χ4v) is 2.87. The van der Waals surface area contributed by atoms with Gasteiger partial charge in [-0.25, -0.2) is 0 Å². The third kappa shape index (κ3) is 6.38. The molecule has 1 saturated heterocycles. The first kappa shape index (κ1) is 20.3. The molecule has 0 radical (unpaired) electrons. The van der Waals surface area contributed by atoms with Crippen molar-refractivity contribution in [2.24, 2.45) is 4.99 Å². The summed E-state index contributed by atoms with van der Waals surface area (Å²) in [5.41, 5.74) is 1.21. The highest BCUT2D eigenvalue weighted by Gasteiger charge is 2.20. The Morgan fingerprint density at radius 1 is 1.12 bits per heavy atom. The molecule has 1 heterocycles. The molecule has 7 nitrogen and oxygen atoms in total. The van der Waals surface area contributed by atoms with Gasteiger partial charge in [0.1, 0.15) is 5.75 Å². The zero-order chi connectivity index (χ0) is 18.6. The van der Waals surface area contributed by atoms with E-state index in [1.165, 1.54) is 5.69 Å². The summed E-state index contributed by atoms with van der Waals surface area (Å²) < 4.78 is 15.8. The SMILES string of the molecule is CCNC(=NCCOCCOC)N1CCN(c2cccc(OC)c2)CC1. The second-order valence-electron chi connectivity index (χ2n) is 6.02. The van der Waals surface area contributed by atoms with E-state index in [0.29, 0.717) is 26.4 Å². The van der Waals surface area contributed by atoms with Gasteiger partial charge in [-0.3, -0.25) is 4.99 Å². The van der Waals surface area contributed by atoms with Gasteiger partial charge in [0.2, 0.25) is 0 Å². The normalized spacial score (nSPS) is 15.3. The number of benzene rings is 1. The zero-order valence-electron chi connectivity index (χ0n) is 16.2. The Balaban J connectivity index is 1.84. The Morgan fingerprint density at radius 2 is 1.92 bits per heavy atom. The highest BCUT2D eigenvalue weighted by Crippen LogP contribution is 2.22. The Hall–Kier alpha value is -1.99. The van der Waals surface area contributed by atoms with E-state index in [4.69, 9.17) is 14.2 Å². The molecule has 0 atom stereocenters. The fourth-order valence-electron chi connectivity index (χ4n) is 2.87. The Labute approximate surface area is 156 Å². The lowest BCUT2D eigenvalue weighted by Gasteiger charge is -2.37. The first-order valence-electron chi connectivity index (χ1n) is 9.27. The number of rotatable bonds is 9. The van der Waals surface area contributed by atoms with Gasteiger partial charge < -0.3 is 29.3 Å². The monoisotopic (exact) mass is 364 g/mol. The molecule has 1 aromatic carbocycles. The lowest BCUT2D eigenvalue weighted by atomic mass is 10.2. The van der Waals surface area contributed by atoms with Crippen LogP contribution in [0.3, 0.4) is 0 Å². The number of aliphatic imine (C=N–C) groups is 1. The molecule has 1 aliphatic rings. The molecule has 26 heavy (non-hydrogen) atoms. The topological polar surface area (TPSA) is 58.6 Å². The number of hydrogen-bond donors (Lipinski definition) is 1. The van der Waals surface area contributed by atoms with Crippen molar-refractivity contribution in [1.29, 1.82) is 0 Å². The van der Waals surface area contributed by atoms with Crippen LogP contribution >= 0.6 is 0 Å². The second kappa shape index (κ2) is 11.6. The molecular weight excluding hydrogens is 332 g/mol. The smallest absolute Gasteiger partial charge is 0.194 e. The molecule has 1 aliphatic heterocycles. The highest BCUT2D eigenvalue weighted by molar-refractivity contribution is 5.80. The maximum absolute atomic E-state index is 5.49. The third-order valence-corrected chi connectivity index (χ3v) is 4.26. The first-order chi connectivity index (χ1) is 12.8. The number of anilines is 1. The number of nitrogens with one attached hydrogen (secondary N) is 1. The Kier molecular flexibility index (Phi) is 9.06. The van der Waals surface area contributed by atoms with Crippen LogP contribution in [-0.2, 0) is 9.47 Å². The number of hydrogen-bond acceptors (Lipinski definition) is 5. The summed E-state index contributed by atoms with van der Waals surface area (Å²) in [6, 6.07) is 8.24. The van der Waals surface area contributed by atoms with Crippen molar-refractivity contribution in [2.75, 3.05) is 78.2 Å². The van der Waals surface area contributed by atoms with Crippen LogP contribution in [0.2, 0.25) is 0 Å². The van der Waals surface area contributed by atoms with Crippen molar-refractivity contribution in [3.05, 3.63) is 24.3 Å². The van der Waals surface area contributed by atoms with Crippen LogP contribution in [0, 0.1) is 0 Å². The molecule has 0 spiro atoms. The van der Waals surface area contributed by atoms with E-state index in [1.54, 1.807) is 14.2 Å². The fraction of sp³-hybridized carbons (Fsp3) is 0.632. The van der Waals surface area contributed by atoms with Crippen molar-refractivity contribution >= 4 is 11.6 Å². The van der Waals surface area contributed by atoms with Crippen molar-refractivity contribution in [1.82, 2.24) is 10.2 Å². The summed E-state index contributed by atoms with van der Waals surface area (Å²) in [6.45, 7) is 9.25. The summed E-state index contributed by atoms with van der Waals surface area (Å²) in [7, 11) is 3.38. The van der Waals surface area contributed by atoms with Gasteiger partial charge in [0.25, 0.3) is 0 Å². The van der Waals surface area contributed by atoms with Crippen LogP contribution in [0.5, 0.6) is 5.75 Å². The summed E-state index contributed by atoms with van der Waals surface area (Å²) in [5, 5.41) is 3.38. The largest absolute Gasteiger partial charge is 0.497 e. The zero-order valence-corrected chi connectivity index (χ0v) is 16.2. The van der Waals surface area contributed by atoms with Gasteiger partial charge in [0.15, 0.2) is 5.96 Å². The van der Waals surface area contributed by atoms with E-state index in [-0.39, 0.29) is 0 Å². The molecule has 0 aromatic heterocycles. The summed E-state index contributed by atoms with van der Waals surface area (Å²) in [6.07, 6.45) is 0. The van der Waals surface area contributed by atoms with Crippen LogP contribution < -0.4 is 15.0 Å². The van der Waals surface area contributed by atoms with Crippen LogP contribution in [0.1, 0.15) is 6.92 Å². The molecule has 0 amide bonds. The quantitative estimate of drug-likeness (QED) is 0.407. The Morgan fingerprint density at radius 3 is 2.62 bits per heavy atom. The van der Waals surface area contributed by atoms with Gasteiger partial charge in [-0.1, -0.05) is 6.07 Å². The lowest BCUT2D eigenvalue weighted by molar-refractivity contribution is 0.0747. The number of piperazine rings is 1. The first-order valence-corrected chi connectivity index (χ1v) is 9.27. The van der Waals surface area contributed by atoms with Gasteiger partial charge in [-0.05, 0) is 19.1 Å². The number of ether oxygens (including phenoxy) is 3. The van der Waals surface area contributed by atoms with Gasteiger partial charge in [0.05, 0.1) is 33.5 Å². The minimum absolute atomic E-state index is 0.613. The molecule has 2 rings (SSSR count). The van der Waals surface area contributed by atoms with E-state index >= 15 is 0 Å². The van der Waals surface area contributed by atoms with Crippen molar-refractivity contribution in [3.63, 3.8) is 0 Å². The average Bonchev–Trinajstić information content (AvgIpc) is 2.70.